The van der Waals surface area contributed by atoms with Crippen LogP contribution in [0.4, 0.5) is 0 Å². The van der Waals surface area contributed by atoms with Gasteiger partial charge in [-0.05, 0) is 45.4 Å². The number of ether oxygens (including phenoxy) is 1. The van der Waals surface area contributed by atoms with Crippen LogP contribution in [0.25, 0.3) is 0 Å². The van der Waals surface area contributed by atoms with Crippen LogP contribution in [-0.2, 0) is 9.53 Å². The Morgan fingerprint density at radius 1 is 1.32 bits per heavy atom. The summed E-state index contributed by atoms with van der Waals surface area (Å²) in [4.78, 5) is 20.7. The summed E-state index contributed by atoms with van der Waals surface area (Å²) in [5, 5.41) is 1.22. The summed E-state index contributed by atoms with van der Waals surface area (Å²) in [6.45, 7) is 7.62. The number of amides is 1. The molecule has 0 radical (unpaired) electrons. The first kappa shape index (κ1) is 15.9. The molecule has 5 heteroatoms. The predicted octanol–water partition coefficient (Wildman–Crippen LogP) is 3.28. The lowest BCUT2D eigenvalue weighted by atomic mass is 9.94. The second kappa shape index (κ2) is 7.09. The number of carbonyl (C=O) groups excluding carboxylic acids is 1. The molecule has 122 valence electrons. The Kier molecular flexibility index (Phi) is 5.14. The molecule has 2 aliphatic rings. The van der Waals surface area contributed by atoms with Crippen molar-refractivity contribution in [3.63, 3.8) is 0 Å². The molecule has 0 unspecified atom stereocenters. The van der Waals surface area contributed by atoms with E-state index in [2.05, 4.69) is 18.7 Å². The zero-order chi connectivity index (χ0) is 15.5. The molecule has 0 aromatic carbocycles. The van der Waals surface area contributed by atoms with Crippen molar-refractivity contribution in [2.45, 2.75) is 51.9 Å². The number of aromatic nitrogens is 1. The van der Waals surface area contributed by atoms with Crippen molar-refractivity contribution in [3.8, 4) is 0 Å². The number of thiazole rings is 1. The Balaban J connectivity index is 1.58. The van der Waals surface area contributed by atoms with Crippen molar-refractivity contribution >= 4 is 17.2 Å². The summed E-state index contributed by atoms with van der Waals surface area (Å²) in [5.74, 6) is 1.29. The van der Waals surface area contributed by atoms with E-state index in [0.717, 1.165) is 57.7 Å². The van der Waals surface area contributed by atoms with Crippen LogP contribution < -0.4 is 0 Å². The number of likely N-dealkylation sites (tertiary alicyclic amines) is 1. The van der Waals surface area contributed by atoms with Crippen LogP contribution in [0.15, 0.2) is 0 Å². The van der Waals surface area contributed by atoms with E-state index in [-0.39, 0.29) is 0 Å². The number of piperidine rings is 1. The van der Waals surface area contributed by atoms with Crippen LogP contribution >= 0.6 is 11.3 Å². The van der Waals surface area contributed by atoms with Gasteiger partial charge in [-0.2, -0.15) is 0 Å². The van der Waals surface area contributed by atoms with E-state index in [9.17, 15) is 4.79 Å². The van der Waals surface area contributed by atoms with E-state index in [1.54, 1.807) is 11.3 Å². The zero-order valence-corrected chi connectivity index (χ0v) is 14.5. The number of hydrogen-bond donors (Lipinski definition) is 0. The first-order valence-corrected chi connectivity index (χ1v) is 9.24. The highest BCUT2D eigenvalue weighted by molar-refractivity contribution is 7.11. The maximum absolute atomic E-state index is 12.6. The number of carbonyl (C=O) groups is 1. The maximum Gasteiger partial charge on any atom is 0.222 e. The largest absolute Gasteiger partial charge is 0.381 e. The van der Waals surface area contributed by atoms with Gasteiger partial charge in [-0.25, -0.2) is 4.98 Å². The third kappa shape index (κ3) is 3.69. The molecule has 0 N–H and O–H groups in total. The van der Waals surface area contributed by atoms with E-state index < -0.39 is 0 Å². The van der Waals surface area contributed by atoms with E-state index in [1.807, 2.05) is 0 Å². The molecule has 3 heterocycles. The van der Waals surface area contributed by atoms with Crippen molar-refractivity contribution in [1.29, 1.82) is 0 Å². The Bertz CT molecular complexity index is 503. The molecule has 2 aliphatic heterocycles. The monoisotopic (exact) mass is 322 g/mol. The fourth-order valence-electron chi connectivity index (χ4n) is 3.40. The van der Waals surface area contributed by atoms with E-state index >= 15 is 0 Å². The first-order chi connectivity index (χ1) is 10.6. The topological polar surface area (TPSA) is 42.4 Å². The fraction of sp³-hybridized carbons (Fsp3) is 0.765. The van der Waals surface area contributed by atoms with Crippen LogP contribution in [0.3, 0.4) is 0 Å². The second-order valence-electron chi connectivity index (χ2n) is 6.63. The molecule has 4 nitrogen and oxygen atoms in total. The van der Waals surface area contributed by atoms with Crippen molar-refractivity contribution in [2.24, 2.45) is 5.92 Å². The molecule has 1 aromatic rings. The van der Waals surface area contributed by atoms with Crippen molar-refractivity contribution in [2.75, 3.05) is 26.3 Å². The van der Waals surface area contributed by atoms with Gasteiger partial charge in [-0.3, -0.25) is 4.79 Å². The van der Waals surface area contributed by atoms with Gasteiger partial charge < -0.3 is 9.64 Å². The molecule has 2 saturated heterocycles. The predicted molar refractivity (Wildman–Crippen MR) is 88.3 cm³/mol. The minimum atomic E-state index is 0.335. The lowest BCUT2D eigenvalue weighted by Gasteiger charge is -2.33. The fourth-order valence-corrected chi connectivity index (χ4v) is 4.45. The summed E-state index contributed by atoms with van der Waals surface area (Å²) in [7, 11) is 0. The highest BCUT2D eigenvalue weighted by Crippen LogP contribution is 2.32. The zero-order valence-electron chi connectivity index (χ0n) is 13.6. The minimum Gasteiger partial charge on any atom is -0.381 e. The molecule has 0 saturated carbocycles. The second-order valence-corrected chi connectivity index (χ2v) is 7.87. The third-order valence-electron chi connectivity index (χ3n) is 4.97. The number of aryl methyl sites for hydroxylation is 2. The summed E-state index contributed by atoms with van der Waals surface area (Å²) >= 11 is 1.80. The Morgan fingerprint density at radius 3 is 2.77 bits per heavy atom. The van der Waals surface area contributed by atoms with Crippen molar-refractivity contribution < 1.29 is 9.53 Å². The highest BCUT2D eigenvalue weighted by atomic mass is 32.1. The van der Waals surface area contributed by atoms with Gasteiger partial charge >= 0.3 is 0 Å². The van der Waals surface area contributed by atoms with Gasteiger partial charge in [0.1, 0.15) is 0 Å². The normalized spacial score (nSPS) is 23.7. The highest BCUT2D eigenvalue weighted by Gasteiger charge is 2.28. The summed E-state index contributed by atoms with van der Waals surface area (Å²) in [5.41, 5.74) is 1.14. The van der Waals surface area contributed by atoms with Crippen LogP contribution in [0.2, 0.25) is 0 Å². The lowest BCUT2D eigenvalue weighted by molar-refractivity contribution is -0.134. The molecule has 1 atom stereocenters. The summed E-state index contributed by atoms with van der Waals surface area (Å²) in [6.07, 6.45) is 5.03. The van der Waals surface area contributed by atoms with Gasteiger partial charge in [0.2, 0.25) is 5.91 Å². The minimum absolute atomic E-state index is 0.335. The van der Waals surface area contributed by atoms with Crippen LogP contribution in [0.1, 0.15) is 53.6 Å². The molecule has 22 heavy (non-hydrogen) atoms. The number of rotatable bonds is 3. The Labute approximate surface area is 136 Å². The molecule has 1 aromatic heterocycles. The number of nitrogens with zero attached hydrogens (tertiary/aromatic N) is 2. The summed E-state index contributed by atoms with van der Waals surface area (Å²) in [6, 6.07) is 0. The summed E-state index contributed by atoms with van der Waals surface area (Å²) < 4.78 is 5.38. The quantitative estimate of drug-likeness (QED) is 0.857. The standard InChI is InChI=1S/C17H26N2O2S/c1-12-13(2)22-17(18-12)15-4-3-7-19(11-15)16(20)10-14-5-8-21-9-6-14/h14-15H,3-11H2,1-2H3/t15-/m1/s1. The van der Waals surface area contributed by atoms with Gasteiger partial charge in [-0.15, -0.1) is 11.3 Å². The molecule has 0 aliphatic carbocycles. The molecular weight excluding hydrogens is 296 g/mol. The molecule has 2 fully saturated rings. The lowest BCUT2D eigenvalue weighted by Crippen LogP contribution is -2.40. The Hall–Kier alpha value is -0.940. The molecular formula is C17H26N2O2S. The Morgan fingerprint density at radius 2 is 2.09 bits per heavy atom. The van der Waals surface area contributed by atoms with Gasteiger partial charge in [0.25, 0.3) is 0 Å². The molecule has 3 rings (SSSR count). The maximum atomic E-state index is 12.6. The number of hydrogen-bond acceptors (Lipinski definition) is 4. The van der Waals surface area contributed by atoms with E-state index in [1.165, 1.54) is 9.88 Å². The van der Waals surface area contributed by atoms with Crippen LogP contribution in [0, 0.1) is 19.8 Å². The van der Waals surface area contributed by atoms with Gasteiger partial charge in [0, 0.05) is 43.5 Å². The first-order valence-electron chi connectivity index (χ1n) is 8.43. The van der Waals surface area contributed by atoms with Crippen LogP contribution in [0.5, 0.6) is 0 Å². The third-order valence-corrected chi connectivity index (χ3v) is 6.21. The SMILES string of the molecule is Cc1nc([C@@H]2CCCN(C(=O)CC3CCOCC3)C2)sc1C. The molecule has 0 spiro atoms. The van der Waals surface area contributed by atoms with Crippen molar-refractivity contribution in [3.05, 3.63) is 15.6 Å². The average Bonchev–Trinajstić information content (AvgIpc) is 2.88. The molecule has 1 amide bonds. The van der Waals surface area contributed by atoms with Gasteiger partial charge in [-0.1, -0.05) is 0 Å². The van der Waals surface area contributed by atoms with Gasteiger partial charge in [0.05, 0.1) is 10.7 Å². The van der Waals surface area contributed by atoms with E-state index in [4.69, 9.17) is 9.72 Å². The smallest absolute Gasteiger partial charge is 0.222 e. The average molecular weight is 322 g/mol. The van der Waals surface area contributed by atoms with Crippen LogP contribution in [-0.4, -0.2) is 42.1 Å². The van der Waals surface area contributed by atoms with Gasteiger partial charge in [0.15, 0.2) is 0 Å². The molecule has 0 bridgehead atoms. The van der Waals surface area contributed by atoms with E-state index in [0.29, 0.717) is 24.2 Å². The van der Waals surface area contributed by atoms with Crippen molar-refractivity contribution in [1.82, 2.24) is 9.88 Å².